The third kappa shape index (κ3) is 2.40. The normalized spacial score (nSPS) is 10.1. The van der Waals surface area contributed by atoms with Crippen LogP contribution in [0.5, 0.6) is 11.5 Å². The number of anilines is 1. The van der Waals surface area contributed by atoms with Crippen LogP contribution in [0.25, 0.3) is 0 Å². The number of aromatic hydroxyl groups is 1. The molecule has 0 saturated carbocycles. The van der Waals surface area contributed by atoms with Crippen LogP contribution in [-0.4, -0.2) is 24.5 Å². The minimum Gasteiger partial charge on any atom is -0.503 e. The summed E-state index contributed by atoms with van der Waals surface area (Å²) in [6.07, 6.45) is 0.698. The average Bonchev–Trinajstić information content (AvgIpc) is 2.20. The lowest BCUT2D eigenvalue weighted by atomic mass is 10.1. The van der Waals surface area contributed by atoms with E-state index in [1.807, 2.05) is 13.8 Å². The SMILES string of the molecule is COc1ccc(C=O)c(NC(C)C)c1O. The number of phenolic OH excluding ortho intramolecular Hbond substituents is 1. The zero-order chi connectivity index (χ0) is 11.4. The highest BCUT2D eigenvalue weighted by Gasteiger charge is 2.13. The molecule has 0 aliphatic carbocycles. The number of benzene rings is 1. The number of carbonyl (C=O) groups excluding carboxylic acids is 1. The topological polar surface area (TPSA) is 58.6 Å². The number of nitrogens with one attached hydrogen (secondary N) is 1. The van der Waals surface area contributed by atoms with Crippen molar-refractivity contribution in [1.82, 2.24) is 0 Å². The molecule has 0 atom stereocenters. The molecule has 0 aliphatic heterocycles. The number of hydrogen-bond acceptors (Lipinski definition) is 4. The number of carbonyl (C=O) groups is 1. The molecule has 0 spiro atoms. The predicted molar refractivity (Wildman–Crippen MR) is 58.8 cm³/mol. The van der Waals surface area contributed by atoms with Crippen molar-refractivity contribution in [3.63, 3.8) is 0 Å². The molecule has 1 aromatic carbocycles. The summed E-state index contributed by atoms with van der Waals surface area (Å²) >= 11 is 0. The molecule has 0 unspecified atom stereocenters. The maximum Gasteiger partial charge on any atom is 0.182 e. The maximum absolute atomic E-state index is 10.8. The average molecular weight is 209 g/mol. The second kappa shape index (κ2) is 4.68. The maximum atomic E-state index is 10.8. The first-order valence-electron chi connectivity index (χ1n) is 4.71. The quantitative estimate of drug-likeness (QED) is 0.588. The van der Waals surface area contributed by atoms with Crippen LogP contribution in [0.15, 0.2) is 12.1 Å². The van der Waals surface area contributed by atoms with Gasteiger partial charge in [0.05, 0.1) is 12.8 Å². The van der Waals surface area contributed by atoms with E-state index >= 15 is 0 Å². The second-order valence-corrected chi connectivity index (χ2v) is 3.50. The molecule has 0 heterocycles. The Balaban J connectivity index is 3.22. The molecule has 0 radical (unpaired) electrons. The van der Waals surface area contributed by atoms with Crippen molar-refractivity contribution < 1.29 is 14.6 Å². The van der Waals surface area contributed by atoms with Gasteiger partial charge in [-0.15, -0.1) is 0 Å². The van der Waals surface area contributed by atoms with Crippen molar-refractivity contribution in [3.05, 3.63) is 17.7 Å². The van der Waals surface area contributed by atoms with Crippen LogP contribution < -0.4 is 10.1 Å². The summed E-state index contributed by atoms with van der Waals surface area (Å²) in [6, 6.07) is 3.29. The number of aldehydes is 1. The highest BCUT2D eigenvalue weighted by Crippen LogP contribution is 2.36. The first-order chi connectivity index (χ1) is 7.10. The molecule has 1 rings (SSSR count). The molecule has 0 aliphatic rings. The van der Waals surface area contributed by atoms with E-state index < -0.39 is 0 Å². The predicted octanol–water partition coefficient (Wildman–Crippen LogP) is 2.03. The number of phenols is 1. The van der Waals surface area contributed by atoms with Crippen molar-refractivity contribution in [1.29, 1.82) is 0 Å². The van der Waals surface area contributed by atoms with E-state index in [4.69, 9.17) is 4.74 Å². The minimum absolute atomic E-state index is 0.0317. The van der Waals surface area contributed by atoms with Crippen molar-refractivity contribution >= 4 is 12.0 Å². The zero-order valence-corrected chi connectivity index (χ0v) is 9.07. The van der Waals surface area contributed by atoms with Crippen LogP contribution >= 0.6 is 0 Å². The van der Waals surface area contributed by atoms with Crippen LogP contribution in [0.2, 0.25) is 0 Å². The first-order valence-corrected chi connectivity index (χ1v) is 4.71. The summed E-state index contributed by atoms with van der Waals surface area (Å²) < 4.78 is 4.96. The van der Waals surface area contributed by atoms with Gasteiger partial charge in [-0.3, -0.25) is 4.79 Å². The van der Waals surface area contributed by atoms with Gasteiger partial charge in [-0.05, 0) is 26.0 Å². The van der Waals surface area contributed by atoms with Crippen LogP contribution in [0.3, 0.4) is 0 Å². The number of hydrogen-bond donors (Lipinski definition) is 2. The van der Waals surface area contributed by atoms with Crippen molar-refractivity contribution in [2.24, 2.45) is 0 Å². The highest BCUT2D eigenvalue weighted by molar-refractivity contribution is 5.88. The molecular weight excluding hydrogens is 194 g/mol. The van der Waals surface area contributed by atoms with Crippen molar-refractivity contribution in [2.45, 2.75) is 19.9 Å². The van der Waals surface area contributed by atoms with Crippen molar-refractivity contribution in [3.8, 4) is 11.5 Å². The Kier molecular flexibility index (Phi) is 3.55. The van der Waals surface area contributed by atoms with E-state index in [2.05, 4.69) is 5.32 Å². The highest BCUT2D eigenvalue weighted by atomic mass is 16.5. The summed E-state index contributed by atoms with van der Waals surface area (Å²) in [4.78, 5) is 10.8. The lowest BCUT2D eigenvalue weighted by molar-refractivity contribution is 0.112. The van der Waals surface area contributed by atoms with Gasteiger partial charge >= 0.3 is 0 Å². The van der Waals surface area contributed by atoms with Gasteiger partial charge in [-0.1, -0.05) is 0 Å². The molecule has 0 amide bonds. The number of rotatable bonds is 4. The molecule has 1 aromatic rings. The molecule has 4 nitrogen and oxygen atoms in total. The Bertz CT molecular complexity index is 361. The number of methoxy groups -OCH3 is 1. The van der Waals surface area contributed by atoms with E-state index in [-0.39, 0.29) is 11.8 Å². The molecule has 4 heteroatoms. The minimum atomic E-state index is -0.0317. The first kappa shape index (κ1) is 11.4. The monoisotopic (exact) mass is 209 g/mol. The Morgan fingerprint density at radius 2 is 2.13 bits per heavy atom. The van der Waals surface area contributed by atoms with Gasteiger partial charge in [0.15, 0.2) is 17.8 Å². The molecule has 0 bridgehead atoms. The Morgan fingerprint density at radius 3 is 2.60 bits per heavy atom. The zero-order valence-electron chi connectivity index (χ0n) is 9.07. The van der Waals surface area contributed by atoms with E-state index in [9.17, 15) is 9.90 Å². The fraction of sp³-hybridized carbons (Fsp3) is 0.364. The molecule has 0 fully saturated rings. The Morgan fingerprint density at radius 1 is 1.47 bits per heavy atom. The van der Waals surface area contributed by atoms with E-state index in [0.717, 1.165) is 0 Å². The molecule has 0 aromatic heterocycles. The Hall–Kier alpha value is -1.71. The third-order valence-electron chi connectivity index (χ3n) is 1.95. The summed E-state index contributed by atoms with van der Waals surface area (Å²) in [5.41, 5.74) is 0.835. The van der Waals surface area contributed by atoms with Gasteiger partial charge in [0.2, 0.25) is 0 Å². The van der Waals surface area contributed by atoms with E-state index in [1.54, 1.807) is 12.1 Å². The summed E-state index contributed by atoms with van der Waals surface area (Å²) in [6.45, 7) is 3.85. The molecule has 2 N–H and O–H groups in total. The van der Waals surface area contributed by atoms with Crippen molar-refractivity contribution in [2.75, 3.05) is 12.4 Å². The molecule has 82 valence electrons. The third-order valence-corrected chi connectivity index (χ3v) is 1.95. The lowest BCUT2D eigenvalue weighted by Crippen LogP contribution is -2.11. The lowest BCUT2D eigenvalue weighted by Gasteiger charge is -2.15. The van der Waals surface area contributed by atoms with Crippen LogP contribution in [0.1, 0.15) is 24.2 Å². The summed E-state index contributed by atoms with van der Waals surface area (Å²) in [5, 5.41) is 12.8. The van der Waals surface area contributed by atoms with E-state index in [0.29, 0.717) is 23.3 Å². The second-order valence-electron chi connectivity index (χ2n) is 3.50. The fourth-order valence-electron chi connectivity index (χ4n) is 1.29. The molecular formula is C11H15NO3. The Labute approximate surface area is 88.9 Å². The van der Waals surface area contributed by atoms with Crippen LogP contribution in [0, 0.1) is 0 Å². The van der Waals surface area contributed by atoms with Gasteiger partial charge in [0.1, 0.15) is 0 Å². The van der Waals surface area contributed by atoms with Gasteiger partial charge in [0.25, 0.3) is 0 Å². The van der Waals surface area contributed by atoms with Crippen LogP contribution in [-0.2, 0) is 0 Å². The van der Waals surface area contributed by atoms with Crippen LogP contribution in [0.4, 0.5) is 5.69 Å². The van der Waals surface area contributed by atoms with Gasteiger partial charge in [0, 0.05) is 11.6 Å². The summed E-state index contributed by atoms with van der Waals surface area (Å²) in [5.74, 6) is 0.319. The van der Waals surface area contributed by atoms with Gasteiger partial charge in [-0.25, -0.2) is 0 Å². The molecule has 0 saturated heterocycles. The smallest absolute Gasteiger partial charge is 0.182 e. The van der Waals surface area contributed by atoms with Gasteiger partial charge < -0.3 is 15.2 Å². The standard InChI is InChI=1S/C11H15NO3/c1-7(2)12-10-8(6-13)4-5-9(15-3)11(10)14/h4-7,12,14H,1-3H3. The summed E-state index contributed by atoms with van der Waals surface area (Å²) in [7, 11) is 1.47. The van der Waals surface area contributed by atoms with E-state index in [1.165, 1.54) is 7.11 Å². The largest absolute Gasteiger partial charge is 0.503 e. The fourth-order valence-corrected chi connectivity index (χ4v) is 1.29. The van der Waals surface area contributed by atoms with Gasteiger partial charge in [-0.2, -0.15) is 0 Å². The number of ether oxygens (including phenoxy) is 1. The molecule has 15 heavy (non-hydrogen) atoms.